The van der Waals surface area contributed by atoms with E-state index in [1.54, 1.807) is 0 Å². The zero-order valence-electron chi connectivity index (χ0n) is 9.69. The van der Waals surface area contributed by atoms with Crippen molar-refractivity contribution in [3.05, 3.63) is 47.7 Å². The lowest BCUT2D eigenvalue weighted by Gasteiger charge is -2.08. The summed E-state index contributed by atoms with van der Waals surface area (Å²) in [5, 5.41) is 3.21. The Balaban J connectivity index is 2.52. The van der Waals surface area contributed by atoms with Crippen molar-refractivity contribution >= 4 is 5.97 Å². The summed E-state index contributed by atoms with van der Waals surface area (Å²) >= 11 is 0. The van der Waals surface area contributed by atoms with Crippen LogP contribution in [-0.4, -0.2) is 13.1 Å². The molecule has 0 fully saturated rings. The highest BCUT2D eigenvalue weighted by atomic mass is 16.5. The van der Waals surface area contributed by atoms with Gasteiger partial charge in [0.1, 0.15) is 0 Å². The van der Waals surface area contributed by atoms with Crippen molar-refractivity contribution in [1.82, 2.24) is 5.32 Å². The summed E-state index contributed by atoms with van der Waals surface area (Å²) in [6.07, 6.45) is 2.27. The smallest absolute Gasteiger partial charge is 0.332 e. The molecule has 1 aromatic rings. The fraction of sp³-hybridized carbons (Fsp3) is 0.308. The van der Waals surface area contributed by atoms with Gasteiger partial charge in [-0.2, -0.15) is 0 Å². The van der Waals surface area contributed by atoms with Gasteiger partial charge in [-0.15, -0.1) is 0 Å². The number of carbonyl (C=O) groups excluding carboxylic acids is 1. The molecule has 0 unspecified atom stereocenters. The Morgan fingerprint density at radius 3 is 2.62 bits per heavy atom. The topological polar surface area (TPSA) is 38.3 Å². The lowest BCUT2D eigenvalue weighted by atomic mass is 10.2. The quantitative estimate of drug-likeness (QED) is 0.609. The van der Waals surface area contributed by atoms with Gasteiger partial charge in [0, 0.05) is 18.3 Å². The molecule has 0 saturated heterocycles. The predicted octanol–water partition coefficient (Wildman–Crippen LogP) is 2.24. The average molecular weight is 219 g/mol. The normalized spacial score (nSPS) is 11.0. The van der Waals surface area contributed by atoms with Crippen LogP contribution < -0.4 is 5.32 Å². The first-order valence-corrected chi connectivity index (χ1v) is 5.32. The van der Waals surface area contributed by atoms with Gasteiger partial charge in [0.15, 0.2) is 0 Å². The third-order valence-electron chi connectivity index (χ3n) is 2.24. The van der Waals surface area contributed by atoms with Crippen LogP contribution in [-0.2, 0) is 16.1 Å². The van der Waals surface area contributed by atoms with Gasteiger partial charge in [0.2, 0.25) is 0 Å². The van der Waals surface area contributed by atoms with Crippen LogP contribution in [0.15, 0.2) is 42.1 Å². The van der Waals surface area contributed by atoms with E-state index >= 15 is 0 Å². The van der Waals surface area contributed by atoms with E-state index in [4.69, 9.17) is 0 Å². The van der Waals surface area contributed by atoms with E-state index in [0.717, 1.165) is 18.7 Å². The molecular weight excluding hydrogens is 202 g/mol. The fourth-order valence-electron chi connectivity index (χ4n) is 1.29. The Hall–Kier alpha value is -1.77. The molecule has 0 aliphatic rings. The molecule has 0 spiro atoms. The van der Waals surface area contributed by atoms with Crippen LogP contribution in [0.3, 0.4) is 0 Å². The van der Waals surface area contributed by atoms with Gasteiger partial charge < -0.3 is 10.1 Å². The lowest BCUT2D eigenvalue weighted by molar-refractivity contribution is -0.134. The van der Waals surface area contributed by atoms with Crippen LogP contribution in [0.1, 0.15) is 18.9 Å². The molecule has 86 valence electrons. The summed E-state index contributed by atoms with van der Waals surface area (Å²) < 4.78 is 4.58. The van der Waals surface area contributed by atoms with Gasteiger partial charge in [-0.3, -0.25) is 0 Å². The zero-order valence-corrected chi connectivity index (χ0v) is 9.69. The SMILES string of the molecule is CC/C(=C/C(=O)OC)NCc1ccccc1. The Labute approximate surface area is 96.1 Å². The maximum Gasteiger partial charge on any atom is 0.332 e. The average Bonchev–Trinajstić information content (AvgIpc) is 2.35. The number of hydrogen-bond acceptors (Lipinski definition) is 3. The molecule has 0 saturated carbocycles. The molecular formula is C13H17NO2. The van der Waals surface area contributed by atoms with E-state index in [9.17, 15) is 4.79 Å². The molecule has 16 heavy (non-hydrogen) atoms. The number of allylic oxidation sites excluding steroid dienone is 1. The highest BCUT2D eigenvalue weighted by molar-refractivity contribution is 5.82. The maximum atomic E-state index is 11.1. The van der Waals surface area contributed by atoms with E-state index in [2.05, 4.69) is 10.1 Å². The van der Waals surface area contributed by atoms with Crippen molar-refractivity contribution in [2.75, 3.05) is 7.11 Å². The first-order chi connectivity index (χ1) is 7.76. The summed E-state index contributed by atoms with van der Waals surface area (Å²) in [6.45, 7) is 2.71. The van der Waals surface area contributed by atoms with Crippen molar-refractivity contribution in [1.29, 1.82) is 0 Å². The Morgan fingerprint density at radius 2 is 2.06 bits per heavy atom. The highest BCUT2D eigenvalue weighted by Gasteiger charge is 1.99. The minimum Gasteiger partial charge on any atom is -0.466 e. The minimum absolute atomic E-state index is 0.322. The Bertz CT molecular complexity index is 357. The Morgan fingerprint density at radius 1 is 1.38 bits per heavy atom. The third-order valence-corrected chi connectivity index (χ3v) is 2.24. The molecule has 1 aromatic carbocycles. The predicted molar refractivity (Wildman–Crippen MR) is 63.7 cm³/mol. The van der Waals surface area contributed by atoms with Crippen LogP contribution in [0, 0.1) is 0 Å². The minimum atomic E-state index is -0.322. The third kappa shape index (κ3) is 4.17. The lowest BCUT2D eigenvalue weighted by Crippen LogP contribution is -2.14. The molecule has 0 aromatic heterocycles. The van der Waals surface area contributed by atoms with E-state index < -0.39 is 0 Å². The van der Waals surface area contributed by atoms with Crippen LogP contribution >= 0.6 is 0 Å². The zero-order chi connectivity index (χ0) is 11.8. The van der Waals surface area contributed by atoms with Crippen molar-refractivity contribution in [2.24, 2.45) is 0 Å². The molecule has 0 radical (unpaired) electrons. The van der Waals surface area contributed by atoms with Crippen molar-refractivity contribution in [3.8, 4) is 0 Å². The van der Waals surface area contributed by atoms with E-state index in [0.29, 0.717) is 0 Å². The number of hydrogen-bond donors (Lipinski definition) is 1. The molecule has 0 bridgehead atoms. The summed E-state index contributed by atoms with van der Waals surface area (Å²) in [7, 11) is 1.38. The summed E-state index contributed by atoms with van der Waals surface area (Å²) in [6, 6.07) is 10.0. The van der Waals surface area contributed by atoms with Gasteiger partial charge in [-0.25, -0.2) is 4.79 Å². The molecule has 0 aliphatic heterocycles. The summed E-state index contributed by atoms with van der Waals surface area (Å²) in [4.78, 5) is 11.1. The van der Waals surface area contributed by atoms with Gasteiger partial charge in [-0.05, 0) is 12.0 Å². The number of esters is 1. The molecule has 0 amide bonds. The summed E-state index contributed by atoms with van der Waals surface area (Å²) in [5.41, 5.74) is 2.07. The standard InChI is InChI=1S/C13H17NO2/c1-3-12(9-13(15)16-2)14-10-11-7-5-4-6-8-11/h4-9,14H,3,10H2,1-2H3/b12-9-. The second-order valence-corrected chi connectivity index (χ2v) is 3.39. The molecule has 3 heteroatoms. The first kappa shape index (κ1) is 12.3. The van der Waals surface area contributed by atoms with Crippen molar-refractivity contribution in [3.63, 3.8) is 0 Å². The van der Waals surface area contributed by atoms with Crippen LogP contribution in [0.5, 0.6) is 0 Å². The molecule has 0 atom stereocenters. The molecule has 1 rings (SSSR count). The van der Waals surface area contributed by atoms with Gasteiger partial charge in [0.25, 0.3) is 0 Å². The number of ether oxygens (including phenoxy) is 1. The van der Waals surface area contributed by atoms with Crippen molar-refractivity contribution in [2.45, 2.75) is 19.9 Å². The molecule has 1 N–H and O–H groups in total. The number of benzene rings is 1. The van der Waals surface area contributed by atoms with Crippen LogP contribution in [0.25, 0.3) is 0 Å². The van der Waals surface area contributed by atoms with Crippen LogP contribution in [0.2, 0.25) is 0 Å². The fourth-order valence-corrected chi connectivity index (χ4v) is 1.29. The van der Waals surface area contributed by atoms with Gasteiger partial charge >= 0.3 is 5.97 Å². The number of carbonyl (C=O) groups is 1. The Kier molecular flexibility index (Phi) is 5.12. The monoisotopic (exact) mass is 219 g/mol. The van der Waals surface area contributed by atoms with E-state index in [1.807, 2.05) is 37.3 Å². The van der Waals surface area contributed by atoms with E-state index in [-0.39, 0.29) is 5.97 Å². The van der Waals surface area contributed by atoms with Gasteiger partial charge in [0.05, 0.1) is 7.11 Å². The molecule has 0 aliphatic carbocycles. The second kappa shape index (κ2) is 6.67. The summed E-state index contributed by atoms with van der Waals surface area (Å²) in [5.74, 6) is -0.322. The number of rotatable bonds is 5. The first-order valence-electron chi connectivity index (χ1n) is 5.32. The van der Waals surface area contributed by atoms with Crippen molar-refractivity contribution < 1.29 is 9.53 Å². The largest absolute Gasteiger partial charge is 0.466 e. The van der Waals surface area contributed by atoms with E-state index in [1.165, 1.54) is 18.7 Å². The number of nitrogens with one attached hydrogen (secondary N) is 1. The molecule has 3 nitrogen and oxygen atoms in total. The number of methoxy groups -OCH3 is 1. The molecule has 0 heterocycles. The highest BCUT2D eigenvalue weighted by Crippen LogP contribution is 2.02. The van der Waals surface area contributed by atoms with Crippen LogP contribution in [0.4, 0.5) is 0 Å². The maximum absolute atomic E-state index is 11.1. The van der Waals surface area contributed by atoms with Gasteiger partial charge in [-0.1, -0.05) is 37.3 Å². The second-order valence-electron chi connectivity index (χ2n) is 3.39.